The Labute approximate surface area is 201 Å². The average molecular weight is 449 g/mol. The number of rotatable bonds is 6. The Kier molecular flexibility index (Phi) is 6.05. The third-order valence-electron chi connectivity index (χ3n) is 6.47. The summed E-state index contributed by atoms with van der Waals surface area (Å²) in [5, 5.41) is 0. The number of anilines is 1. The molecule has 0 saturated carbocycles. The van der Waals surface area contributed by atoms with Gasteiger partial charge < -0.3 is 9.64 Å². The van der Waals surface area contributed by atoms with E-state index in [0.29, 0.717) is 6.54 Å². The fraction of sp³-hybridized carbons (Fsp3) is 0.167. The summed E-state index contributed by atoms with van der Waals surface area (Å²) in [4.78, 5) is 18.1. The number of hydrogen-bond donors (Lipinski definition) is 0. The van der Waals surface area contributed by atoms with Gasteiger partial charge in [-0.25, -0.2) is 4.79 Å². The Morgan fingerprint density at radius 3 is 1.91 bits per heavy atom. The Balaban J connectivity index is 1.66. The van der Waals surface area contributed by atoms with Crippen molar-refractivity contribution in [2.24, 2.45) is 0 Å². The van der Waals surface area contributed by atoms with E-state index in [-0.39, 0.29) is 18.1 Å². The second-order valence-corrected chi connectivity index (χ2v) is 8.68. The molecule has 0 aromatic heterocycles. The lowest BCUT2D eigenvalue weighted by molar-refractivity contribution is 0.200. The topological polar surface area (TPSA) is 32.8 Å². The van der Waals surface area contributed by atoms with Gasteiger partial charge in [0.2, 0.25) is 0 Å². The average Bonchev–Trinajstić information content (AvgIpc) is 3.17. The Bertz CT molecular complexity index is 1240. The van der Waals surface area contributed by atoms with Gasteiger partial charge in [-0.05, 0) is 47.9 Å². The highest BCUT2D eigenvalue weighted by atomic mass is 16.5. The first kappa shape index (κ1) is 21.8. The fourth-order valence-corrected chi connectivity index (χ4v) is 4.76. The molecular formula is C30H28N2O2. The zero-order valence-corrected chi connectivity index (χ0v) is 19.5. The maximum absolute atomic E-state index is 14.1. The highest BCUT2D eigenvalue weighted by Gasteiger charge is 2.47. The predicted octanol–water partition coefficient (Wildman–Crippen LogP) is 6.93. The minimum Gasteiger partial charge on any atom is -0.497 e. The summed E-state index contributed by atoms with van der Waals surface area (Å²) in [5.74, 6) is 0.767. The molecule has 1 heterocycles. The lowest BCUT2D eigenvalue weighted by Crippen LogP contribution is -2.32. The van der Waals surface area contributed by atoms with Crippen molar-refractivity contribution in [1.82, 2.24) is 4.90 Å². The Morgan fingerprint density at radius 1 is 0.706 bits per heavy atom. The van der Waals surface area contributed by atoms with Crippen LogP contribution in [0.3, 0.4) is 0 Å². The minimum atomic E-state index is -0.174. The molecule has 2 atom stereocenters. The van der Waals surface area contributed by atoms with Crippen LogP contribution in [0.15, 0.2) is 109 Å². The lowest BCUT2D eigenvalue weighted by Gasteiger charge is -2.29. The van der Waals surface area contributed by atoms with Gasteiger partial charge in [0.1, 0.15) is 5.75 Å². The number of hydrogen-bond acceptors (Lipinski definition) is 2. The third-order valence-corrected chi connectivity index (χ3v) is 6.47. The van der Waals surface area contributed by atoms with Crippen LogP contribution in [-0.2, 0) is 6.54 Å². The number of amides is 2. The van der Waals surface area contributed by atoms with Crippen LogP contribution in [0.5, 0.6) is 5.75 Å². The number of carbonyl (C=O) groups is 1. The van der Waals surface area contributed by atoms with E-state index in [1.807, 2.05) is 70.5 Å². The van der Waals surface area contributed by atoms with E-state index in [9.17, 15) is 4.79 Å². The summed E-state index contributed by atoms with van der Waals surface area (Å²) in [6.07, 6.45) is 0. The molecule has 4 heteroatoms. The van der Waals surface area contributed by atoms with Crippen molar-refractivity contribution in [2.45, 2.75) is 25.6 Å². The third kappa shape index (κ3) is 4.15. The normalized spacial score (nSPS) is 17.8. The summed E-state index contributed by atoms with van der Waals surface area (Å²) < 4.78 is 5.36. The Hall–Kier alpha value is -4.05. The van der Waals surface area contributed by atoms with E-state index in [1.165, 1.54) is 5.56 Å². The maximum atomic E-state index is 14.1. The lowest BCUT2D eigenvalue weighted by atomic mass is 9.92. The molecule has 0 spiro atoms. The van der Waals surface area contributed by atoms with Gasteiger partial charge in [-0.3, -0.25) is 4.90 Å². The molecule has 2 amide bonds. The van der Waals surface area contributed by atoms with E-state index in [1.54, 1.807) is 7.11 Å². The molecular weight excluding hydrogens is 420 g/mol. The first-order valence-electron chi connectivity index (χ1n) is 11.5. The monoisotopic (exact) mass is 448 g/mol. The van der Waals surface area contributed by atoms with Crippen LogP contribution in [0.25, 0.3) is 0 Å². The fourth-order valence-electron chi connectivity index (χ4n) is 4.76. The van der Waals surface area contributed by atoms with Crippen LogP contribution in [0, 0.1) is 6.92 Å². The summed E-state index contributed by atoms with van der Waals surface area (Å²) in [7, 11) is 1.65. The number of carbonyl (C=O) groups excluding carboxylic acids is 1. The molecule has 0 bridgehead atoms. The van der Waals surface area contributed by atoms with Crippen LogP contribution >= 0.6 is 0 Å². The molecule has 0 aliphatic carbocycles. The second kappa shape index (κ2) is 9.44. The summed E-state index contributed by atoms with van der Waals surface area (Å²) in [6, 6.07) is 36.5. The summed E-state index contributed by atoms with van der Waals surface area (Å²) >= 11 is 0. The van der Waals surface area contributed by atoms with Crippen LogP contribution in [-0.4, -0.2) is 18.0 Å². The van der Waals surface area contributed by atoms with E-state index in [4.69, 9.17) is 4.74 Å². The highest BCUT2D eigenvalue weighted by molar-refractivity contribution is 5.96. The standard InChI is InChI=1S/C30H28N2O2/c1-22-13-15-25(16-14-22)29-28(24-11-7-4-8-12-24)31(21-23-9-5-3-6-10-23)30(33)32(29)26-17-19-27(34-2)20-18-26/h3-20,28-29H,21H2,1-2H3. The van der Waals surface area contributed by atoms with Gasteiger partial charge in [-0.2, -0.15) is 0 Å². The second-order valence-electron chi connectivity index (χ2n) is 8.68. The molecule has 1 aliphatic heterocycles. The number of urea groups is 1. The van der Waals surface area contributed by atoms with Crippen LogP contribution < -0.4 is 9.64 Å². The quantitative estimate of drug-likeness (QED) is 0.320. The number of nitrogens with zero attached hydrogens (tertiary/aromatic N) is 2. The van der Waals surface area contributed by atoms with Gasteiger partial charge in [-0.1, -0.05) is 90.5 Å². The van der Waals surface area contributed by atoms with Crippen LogP contribution in [0.4, 0.5) is 10.5 Å². The molecule has 4 aromatic carbocycles. The molecule has 5 rings (SSSR count). The van der Waals surface area contributed by atoms with Gasteiger partial charge in [0.25, 0.3) is 0 Å². The summed E-state index contributed by atoms with van der Waals surface area (Å²) in [5.41, 5.74) is 5.39. The first-order chi connectivity index (χ1) is 16.7. The van der Waals surface area contributed by atoms with Crippen LogP contribution in [0.1, 0.15) is 34.3 Å². The molecule has 1 fully saturated rings. The van der Waals surface area contributed by atoms with Crippen molar-refractivity contribution in [2.75, 3.05) is 12.0 Å². The van der Waals surface area contributed by atoms with Crippen molar-refractivity contribution in [3.8, 4) is 5.75 Å². The van der Waals surface area contributed by atoms with Crippen molar-refractivity contribution < 1.29 is 9.53 Å². The predicted molar refractivity (Wildman–Crippen MR) is 136 cm³/mol. The zero-order chi connectivity index (χ0) is 23.5. The number of methoxy groups -OCH3 is 1. The number of benzene rings is 4. The number of ether oxygens (including phenoxy) is 1. The van der Waals surface area contributed by atoms with Gasteiger partial charge in [-0.15, -0.1) is 0 Å². The van der Waals surface area contributed by atoms with Gasteiger partial charge in [0.05, 0.1) is 19.2 Å². The zero-order valence-electron chi connectivity index (χ0n) is 19.5. The molecule has 4 nitrogen and oxygen atoms in total. The molecule has 34 heavy (non-hydrogen) atoms. The first-order valence-corrected chi connectivity index (χ1v) is 11.5. The van der Waals surface area contributed by atoms with E-state index < -0.39 is 0 Å². The smallest absolute Gasteiger partial charge is 0.326 e. The van der Waals surface area contributed by atoms with Gasteiger partial charge in [0, 0.05) is 12.2 Å². The van der Waals surface area contributed by atoms with Crippen molar-refractivity contribution in [3.63, 3.8) is 0 Å². The van der Waals surface area contributed by atoms with E-state index >= 15 is 0 Å². The molecule has 1 aliphatic rings. The Morgan fingerprint density at radius 2 is 1.29 bits per heavy atom. The molecule has 1 saturated heterocycles. The van der Waals surface area contributed by atoms with E-state index in [0.717, 1.165) is 28.1 Å². The van der Waals surface area contributed by atoms with Crippen LogP contribution in [0.2, 0.25) is 0 Å². The largest absolute Gasteiger partial charge is 0.497 e. The van der Waals surface area contributed by atoms with Gasteiger partial charge in [0.15, 0.2) is 0 Å². The molecule has 0 N–H and O–H groups in total. The minimum absolute atomic E-state index is 0.00607. The molecule has 170 valence electrons. The molecule has 0 radical (unpaired) electrons. The van der Waals surface area contributed by atoms with Crippen molar-refractivity contribution in [3.05, 3.63) is 131 Å². The molecule has 2 unspecified atom stereocenters. The van der Waals surface area contributed by atoms with Crippen molar-refractivity contribution in [1.29, 1.82) is 0 Å². The molecule has 4 aromatic rings. The van der Waals surface area contributed by atoms with E-state index in [2.05, 4.69) is 55.5 Å². The SMILES string of the molecule is COc1ccc(N2C(=O)N(Cc3ccccc3)C(c3ccccc3)C2c2ccc(C)cc2)cc1. The van der Waals surface area contributed by atoms with Gasteiger partial charge >= 0.3 is 6.03 Å². The summed E-state index contributed by atoms with van der Waals surface area (Å²) in [6.45, 7) is 2.62. The highest BCUT2D eigenvalue weighted by Crippen LogP contribution is 2.48. The van der Waals surface area contributed by atoms with Crippen molar-refractivity contribution >= 4 is 11.7 Å². The maximum Gasteiger partial charge on any atom is 0.326 e. The number of aryl methyl sites for hydroxylation is 1.